The monoisotopic (exact) mass is 229 g/mol. The lowest BCUT2D eigenvalue weighted by atomic mass is 10.2. The lowest BCUT2D eigenvalue weighted by molar-refractivity contribution is 0.152. The van der Waals surface area contributed by atoms with E-state index >= 15 is 0 Å². The maximum Gasteiger partial charge on any atom is 0.191 e. The van der Waals surface area contributed by atoms with Gasteiger partial charge in [-0.05, 0) is 13.3 Å². The molecule has 0 aliphatic heterocycles. The zero-order valence-corrected chi connectivity index (χ0v) is 11.0. The number of guanidine groups is 1. The Morgan fingerprint density at radius 1 is 1.06 bits per heavy atom. The second-order valence-corrected chi connectivity index (χ2v) is 3.68. The molecule has 0 aliphatic carbocycles. The van der Waals surface area contributed by atoms with E-state index in [4.69, 9.17) is 4.74 Å². The van der Waals surface area contributed by atoms with Crippen LogP contribution in [0.5, 0.6) is 0 Å². The lowest BCUT2D eigenvalue weighted by Gasteiger charge is -2.11. The number of nitrogens with one attached hydrogen (secondary N) is 2. The molecule has 0 heterocycles. The third kappa shape index (κ3) is 9.77. The zero-order valence-electron chi connectivity index (χ0n) is 11.0. The topological polar surface area (TPSA) is 45.7 Å². The maximum atomic E-state index is 5.24. The Kier molecular flexibility index (Phi) is 11.7. The molecule has 0 atom stereocenters. The van der Waals surface area contributed by atoms with E-state index in [1.54, 1.807) is 7.05 Å². The van der Waals surface area contributed by atoms with E-state index in [-0.39, 0.29) is 0 Å². The summed E-state index contributed by atoms with van der Waals surface area (Å²) in [5, 5.41) is 6.50. The Balaban J connectivity index is 3.38. The van der Waals surface area contributed by atoms with Crippen LogP contribution in [0.25, 0.3) is 0 Å². The van der Waals surface area contributed by atoms with Crippen molar-refractivity contribution < 1.29 is 4.74 Å². The summed E-state index contributed by atoms with van der Waals surface area (Å²) in [6, 6.07) is 0. The molecule has 0 spiro atoms. The Bertz CT molecular complexity index is 172. The van der Waals surface area contributed by atoms with Gasteiger partial charge in [0.05, 0.1) is 6.61 Å². The molecule has 0 fully saturated rings. The quantitative estimate of drug-likeness (QED) is 0.360. The van der Waals surface area contributed by atoms with Gasteiger partial charge in [0.1, 0.15) is 0 Å². The summed E-state index contributed by atoms with van der Waals surface area (Å²) in [6.07, 6.45) is 5.10. The Labute approximate surface area is 99.9 Å². The Morgan fingerprint density at radius 2 is 1.81 bits per heavy atom. The Morgan fingerprint density at radius 3 is 2.44 bits per heavy atom. The van der Waals surface area contributed by atoms with E-state index in [0.29, 0.717) is 0 Å². The van der Waals surface area contributed by atoms with Gasteiger partial charge < -0.3 is 15.4 Å². The predicted octanol–water partition coefficient (Wildman–Crippen LogP) is 1.77. The van der Waals surface area contributed by atoms with Crippen molar-refractivity contribution in [3.63, 3.8) is 0 Å². The molecule has 0 saturated carbocycles. The molecule has 2 N–H and O–H groups in total. The SMILES string of the molecule is CCCCCCNC(=NC)NCCOCC. The van der Waals surface area contributed by atoms with Gasteiger partial charge in [0.2, 0.25) is 0 Å². The molecule has 0 rings (SSSR count). The number of ether oxygens (including phenoxy) is 1. The number of unbranched alkanes of at least 4 members (excludes halogenated alkanes) is 3. The summed E-state index contributed by atoms with van der Waals surface area (Å²) in [5.74, 6) is 0.871. The maximum absolute atomic E-state index is 5.24. The van der Waals surface area contributed by atoms with Gasteiger partial charge in [0.15, 0.2) is 5.96 Å². The van der Waals surface area contributed by atoms with Crippen LogP contribution >= 0.6 is 0 Å². The van der Waals surface area contributed by atoms with Gasteiger partial charge in [-0.2, -0.15) is 0 Å². The molecule has 0 radical (unpaired) electrons. The van der Waals surface area contributed by atoms with Crippen LogP contribution in [0.15, 0.2) is 4.99 Å². The second-order valence-electron chi connectivity index (χ2n) is 3.68. The fraction of sp³-hybridized carbons (Fsp3) is 0.917. The molecule has 0 aromatic heterocycles. The molecule has 4 nitrogen and oxygen atoms in total. The highest BCUT2D eigenvalue weighted by atomic mass is 16.5. The van der Waals surface area contributed by atoms with Crippen LogP contribution < -0.4 is 10.6 Å². The molecule has 0 aromatic rings. The van der Waals surface area contributed by atoms with Crippen molar-refractivity contribution in [2.75, 3.05) is 33.4 Å². The number of hydrogen-bond acceptors (Lipinski definition) is 2. The van der Waals surface area contributed by atoms with Crippen LogP contribution in [0.4, 0.5) is 0 Å². The number of hydrogen-bond donors (Lipinski definition) is 2. The number of aliphatic imine (C=N–C) groups is 1. The molecule has 96 valence electrons. The average molecular weight is 229 g/mol. The molecular weight excluding hydrogens is 202 g/mol. The summed E-state index contributed by atoms with van der Waals surface area (Å²) in [5.41, 5.74) is 0. The van der Waals surface area contributed by atoms with Crippen LogP contribution in [-0.2, 0) is 4.74 Å². The van der Waals surface area contributed by atoms with Gasteiger partial charge in [-0.3, -0.25) is 4.99 Å². The second kappa shape index (κ2) is 12.3. The van der Waals surface area contributed by atoms with Crippen molar-refractivity contribution in [2.45, 2.75) is 39.5 Å². The summed E-state index contributed by atoms with van der Waals surface area (Å²) in [7, 11) is 1.79. The molecule has 16 heavy (non-hydrogen) atoms. The first kappa shape index (κ1) is 15.2. The molecule has 0 bridgehead atoms. The molecule has 4 heteroatoms. The fourth-order valence-electron chi connectivity index (χ4n) is 1.37. The van der Waals surface area contributed by atoms with Crippen molar-refractivity contribution in [3.05, 3.63) is 0 Å². The summed E-state index contributed by atoms with van der Waals surface area (Å²) >= 11 is 0. The predicted molar refractivity (Wildman–Crippen MR) is 70.0 cm³/mol. The minimum absolute atomic E-state index is 0.729. The lowest BCUT2D eigenvalue weighted by Crippen LogP contribution is -2.39. The van der Waals surface area contributed by atoms with E-state index in [0.717, 1.165) is 32.3 Å². The van der Waals surface area contributed by atoms with E-state index in [1.807, 2.05) is 6.92 Å². The molecule has 0 aliphatic rings. The molecular formula is C12H27N3O. The normalized spacial score (nSPS) is 11.6. The highest BCUT2D eigenvalue weighted by Gasteiger charge is 1.95. The third-order valence-electron chi connectivity index (χ3n) is 2.29. The molecule has 0 unspecified atom stereocenters. The molecule has 0 saturated heterocycles. The van der Waals surface area contributed by atoms with Crippen molar-refractivity contribution in [1.29, 1.82) is 0 Å². The van der Waals surface area contributed by atoms with Gasteiger partial charge in [0.25, 0.3) is 0 Å². The van der Waals surface area contributed by atoms with Crippen molar-refractivity contribution in [2.24, 2.45) is 4.99 Å². The first-order valence-electron chi connectivity index (χ1n) is 6.37. The van der Waals surface area contributed by atoms with E-state index < -0.39 is 0 Å². The summed E-state index contributed by atoms with van der Waals surface area (Å²) in [6.45, 7) is 7.52. The van der Waals surface area contributed by atoms with Crippen LogP contribution in [0.2, 0.25) is 0 Å². The third-order valence-corrected chi connectivity index (χ3v) is 2.29. The minimum atomic E-state index is 0.729. The van der Waals surface area contributed by atoms with Gasteiger partial charge in [-0.15, -0.1) is 0 Å². The fourth-order valence-corrected chi connectivity index (χ4v) is 1.37. The van der Waals surface area contributed by atoms with Gasteiger partial charge in [0, 0.05) is 26.7 Å². The van der Waals surface area contributed by atoms with Gasteiger partial charge >= 0.3 is 0 Å². The van der Waals surface area contributed by atoms with Gasteiger partial charge in [-0.1, -0.05) is 26.2 Å². The van der Waals surface area contributed by atoms with E-state index in [1.165, 1.54) is 25.7 Å². The highest BCUT2D eigenvalue weighted by Crippen LogP contribution is 1.96. The molecule has 0 amide bonds. The highest BCUT2D eigenvalue weighted by molar-refractivity contribution is 5.79. The van der Waals surface area contributed by atoms with Crippen molar-refractivity contribution in [1.82, 2.24) is 10.6 Å². The van der Waals surface area contributed by atoms with Crippen LogP contribution in [-0.4, -0.2) is 39.3 Å². The van der Waals surface area contributed by atoms with E-state index in [9.17, 15) is 0 Å². The van der Waals surface area contributed by atoms with Crippen LogP contribution in [0.1, 0.15) is 39.5 Å². The standard InChI is InChI=1S/C12H27N3O/c1-4-6-7-8-9-14-12(13-3)15-10-11-16-5-2/h4-11H2,1-3H3,(H2,13,14,15). The molecule has 0 aromatic carbocycles. The number of nitrogens with zero attached hydrogens (tertiary/aromatic N) is 1. The van der Waals surface area contributed by atoms with Crippen LogP contribution in [0, 0.1) is 0 Å². The summed E-state index contributed by atoms with van der Waals surface area (Å²) in [4.78, 5) is 4.14. The Hall–Kier alpha value is -0.770. The van der Waals surface area contributed by atoms with E-state index in [2.05, 4.69) is 22.5 Å². The average Bonchev–Trinajstić information content (AvgIpc) is 2.31. The minimum Gasteiger partial charge on any atom is -0.380 e. The first-order valence-corrected chi connectivity index (χ1v) is 6.37. The number of rotatable bonds is 9. The van der Waals surface area contributed by atoms with Crippen molar-refractivity contribution in [3.8, 4) is 0 Å². The van der Waals surface area contributed by atoms with Gasteiger partial charge in [-0.25, -0.2) is 0 Å². The van der Waals surface area contributed by atoms with Crippen LogP contribution in [0.3, 0.4) is 0 Å². The first-order chi connectivity index (χ1) is 7.85. The summed E-state index contributed by atoms with van der Waals surface area (Å²) < 4.78 is 5.24. The largest absolute Gasteiger partial charge is 0.380 e. The smallest absolute Gasteiger partial charge is 0.191 e. The zero-order chi connectivity index (χ0) is 12.1. The van der Waals surface area contributed by atoms with Crippen molar-refractivity contribution >= 4 is 5.96 Å².